The molecule has 0 aliphatic rings. The third-order valence-electron chi connectivity index (χ3n) is 4.65. The molecule has 3 aromatic heterocycles. The van der Waals surface area contributed by atoms with Crippen molar-refractivity contribution in [3.63, 3.8) is 0 Å². The van der Waals surface area contributed by atoms with Gasteiger partial charge in [0.05, 0.1) is 29.6 Å². The van der Waals surface area contributed by atoms with Crippen molar-refractivity contribution >= 4 is 9.84 Å². The highest BCUT2D eigenvalue weighted by Gasteiger charge is 2.28. The molecular formula is C20H17F2N5O3S. The Labute approximate surface area is 176 Å². The van der Waals surface area contributed by atoms with E-state index in [1.54, 1.807) is 18.2 Å². The van der Waals surface area contributed by atoms with Gasteiger partial charge in [-0.05, 0) is 31.2 Å². The summed E-state index contributed by atoms with van der Waals surface area (Å²) in [6, 6.07) is 9.16. The highest BCUT2D eigenvalue weighted by atomic mass is 32.2. The maximum Gasteiger partial charge on any atom is 0.204 e. The zero-order chi connectivity index (χ0) is 22.0. The van der Waals surface area contributed by atoms with Crippen LogP contribution in [-0.4, -0.2) is 38.4 Å². The molecule has 0 radical (unpaired) electrons. The Morgan fingerprint density at radius 2 is 1.81 bits per heavy atom. The fraction of sp³-hybridized carbons (Fsp3) is 0.200. The Hall–Kier alpha value is -3.47. The summed E-state index contributed by atoms with van der Waals surface area (Å²) in [6.45, 7) is 1.50. The lowest BCUT2D eigenvalue weighted by Crippen LogP contribution is -2.24. The first kappa shape index (κ1) is 20.8. The molecule has 0 saturated heterocycles. The first-order valence-electron chi connectivity index (χ1n) is 9.26. The highest BCUT2D eigenvalue weighted by molar-refractivity contribution is 7.91. The SMILES string of the molecule is C[C@H](Cc1ncc(F)cn1)S(=O)(=O)Cc1nnc(-c2ccco2)n1-c1ccccc1F. The Bertz CT molecular complexity index is 1290. The third kappa shape index (κ3) is 4.36. The summed E-state index contributed by atoms with van der Waals surface area (Å²) >= 11 is 0. The summed E-state index contributed by atoms with van der Waals surface area (Å²) in [7, 11) is -3.77. The van der Waals surface area contributed by atoms with Crippen LogP contribution in [0.15, 0.2) is 59.5 Å². The Balaban J connectivity index is 1.69. The van der Waals surface area contributed by atoms with Crippen LogP contribution in [0.5, 0.6) is 0 Å². The van der Waals surface area contributed by atoms with E-state index in [-0.39, 0.29) is 29.6 Å². The zero-order valence-electron chi connectivity index (χ0n) is 16.3. The van der Waals surface area contributed by atoms with Gasteiger partial charge in [0.2, 0.25) is 5.82 Å². The van der Waals surface area contributed by atoms with Crippen molar-refractivity contribution in [3.05, 3.63) is 78.3 Å². The smallest absolute Gasteiger partial charge is 0.204 e. The van der Waals surface area contributed by atoms with Gasteiger partial charge in [0, 0.05) is 6.42 Å². The first-order chi connectivity index (χ1) is 14.8. The predicted octanol–water partition coefficient (Wildman–Crippen LogP) is 3.14. The topological polar surface area (TPSA) is 104 Å². The molecule has 0 saturated carbocycles. The van der Waals surface area contributed by atoms with Crippen LogP contribution in [0.2, 0.25) is 0 Å². The zero-order valence-corrected chi connectivity index (χ0v) is 17.1. The van der Waals surface area contributed by atoms with E-state index in [0.29, 0.717) is 5.76 Å². The summed E-state index contributed by atoms with van der Waals surface area (Å²) in [5.41, 5.74) is 0.0959. The molecule has 0 unspecified atom stereocenters. The van der Waals surface area contributed by atoms with Crippen LogP contribution in [0, 0.1) is 11.6 Å². The molecule has 11 heteroatoms. The van der Waals surface area contributed by atoms with E-state index >= 15 is 0 Å². The van der Waals surface area contributed by atoms with Crippen LogP contribution < -0.4 is 0 Å². The molecule has 8 nitrogen and oxygen atoms in total. The Morgan fingerprint density at radius 3 is 2.48 bits per heavy atom. The number of benzene rings is 1. The summed E-state index contributed by atoms with van der Waals surface area (Å²) < 4.78 is 60.3. The van der Waals surface area contributed by atoms with Gasteiger partial charge >= 0.3 is 0 Å². The number of aromatic nitrogens is 5. The molecule has 0 spiro atoms. The third-order valence-corrected chi connectivity index (χ3v) is 6.71. The fourth-order valence-corrected chi connectivity index (χ4v) is 4.25. The predicted molar refractivity (Wildman–Crippen MR) is 107 cm³/mol. The van der Waals surface area contributed by atoms with E-state index in [4.69, 9.17) is 4.42 Å². The molecule has 1 aromatic carbocycles. The molecule has 3 heterocycles. The van der Waals surface area contributed by atoms with E-state index in [9.17, 15) is 17.2 Å². The van der Waals surface area contributed by atoms with Gasteiger partial charge in [0.15, 0.2) is 27.2 Å². The van der Waals surface area contributed by atoms with Crippen LogP contribution in [0.25, 0.3) is 17.3 Å². The van der Waals surface area contributed by atoms with Gasteiger partial charge in [-0.15, -0.1) is 10.2 Å². The van der Waals surface area contributed by atoms with Crippen LogP contribution in [0.1, 0.15) is 18.6 Å². The minimum absolute atomic E-state index is 0.0124. The van der Waals surface area contributed by atoms with Crippen molar-refractivity contribution in [1.82, 2.24) is 24.7 Å². The number of hydrogen-bond acceptors (Lipinski definition) is 7. The molecule has 0 amide bonds. The lowest BCUT2D eigenvalue weighted by atomic mass is 10.3. The van der Waals surface area contributed by atoms with Crippen LogP contribution in [-0.2, 0) is 22.0 Å². The Kier molecular flexibility index (Phi) is 5.59. The lowest BCUT2D eigenvalue weighted by Gasteiger charge is -2.14. The quantitative estimate of drug-likeness (QED) is 0.430. The molecule has 1 atom stereocenters. The second-order valence-corrected chi connectivity index (χ2v) is 9.26. The molecule has 160 valence electrons. The average molecular weight is 445 g/mol. The van der Waals surface area contributed by atoms with Gasteiger partial charge in [0.25, 0.3) is 0 Å². The standard InChI is InChI=1S/C20H17F2N5O3S/c1-13(9-18-23-10-14(21)11-24-18)31(28,29)12-19-25-26-20(17-7-4-8-30-17)27(19)16-6-3-2-5-15(16)22/h2-8,10-11,13H,9,12H2,1H3/t13-/m1/s1. The maximum atomic E-state index is 14.6. The van der Waals surface area contributed by atoms with Gasteiger partial charge in [-0.25, -0.2) is 27.2 Å². The van der Waals surface area contributed by atoms with Crippen LogP contribution in [0.3, 0.4) is 0 Å². The van der Waals surface area contributed by atoms with Crippen LogP contribution >= 0.6 is 0 Å². The molecule has 0 N–H and O–H groups in total. The molecule has 0 fully saturated rings. The number of furan rings is 1. The number of para-hydroxylation sites is 1. The normalized spacial score (nSPS) is 12.7. The van der Waals surface area contributed by atoms with Gasteiger partial charge in [0.1, 0.15) is 17.4 Å². The summed E-state index contributed by atoms with van der Waals surface area (Å²) in [5, 5.41) is 7.14. The van der Waals surface area contributed by atoms with Gasteiger partial charge in [-0.3, -0.25) is 4.57 Å². The number of halogens is 2. The minimum Gasteiger partial charge on any atom is -0.461 e. The Morgan fingerprint density at radius 1 is 1.06 bits per heavy atom. The van der Waals surface area contributed by atoms with Crippen molar-refractivity contribution in [2.75, 3.05) is 0 Å². The summed E-state index contributed by atoms with van der Waals surface area (Å²) in [5.74, 6) is -0.962. The van der Waals surface area contributed by atoms with Crippen LogP contribution in [0.4, 0.5) is 8.78 Å². The lowest BCUT2D eigenvalue weighted by molar-refractivity contribution is 0.570. The number of rotatable bonds is 7. The largest absolute Gasteiger partial charge is 0.461 e. The molecular weight excluding hydrogens is 428 g/mol. The molecule has 0 bridgehead atoms. The van der Waals surface area contributed by atoms with E-state index in [0.717, 1.165) is 12.4 Å². The van der Waals surface area contributed by atoms with Crippen molar-refractivity contribution in [1.29, 1.82) is 0 Å². The molecule has 0 aliphatic carbocycles. The van der Waals surface area contributed by atoms with E-state index in [1.807, 2.05) is 0 Å². The summed E-state index contributed by atoms with van der Waals surface area (Å²) in [4.78, 5) is 7.62. The minimum atomic E-state index is -3.77. The molecule has 31 heavy (non-hydrogen) atoms. The fourth-order valence-electron chi connectivity index (χ4n) is 3.01. The van der Waals surface area contributed by atoms with Crippen molar-refractivity contribution < 1.29 is 21.6 Å². The van der Waals surface area contributed by atoms with Gasteiger partial charge in [-0.2, -0.15) is 0 Å². The average Bonchev–Trinajstić information content (AvgIpc) is 3.40. The van der Waals surface area contributed by atoms with E-state index < -0.39 is 32.5 Å². The van der Waals surface area contributed by atoms with E-state index in [1.165, 1.54) is 36.0 Å². The number of nitrogens with zero attached hydrogens (tertiary/aromatic N) is 5. The van der Waals surface area contributed by atoms with Crippen molar-refractivity contribution in [3.8, 4) is 17.3 Å². The maximum absolute atomic E-state index is 14.6. The molecule has 4 aromatic rings. The molecule has 4 rings (SSSR count). The first-order valence-corrected chi connectivity index (χ1v) is 11.0. The van der Waals surface area contributed by atoms with Gasteiger partial charge < -0.3 is 4.42 Å². The number of hydrogen-bond donors (Lipinski definition) is 0. The van der Waals surface area contributed by atoms with Crippen molar-refractivity contribution in [2.24, 2.45) is 0 Å². The van der Waals surface area contributed by atoms with Gasteiger partial charge in [-0.1, -0.05) is 12.1 Å². The second kappa shape index (κ2) is 8.34. The highest BCUT2D eigenvalue weighted by Crippen LogP contribution is 2.26. The van der Waals surface area contributed by atoms with E-state index in [2.05, 4.69) is 20.2 Å². The second-order valence-electron chi connectivity index (χ2n) is 6.84. The van der Waals surface area contributed by atoms with Crippen molar-refractivity contribution in [2.45, 2.75) is 24.3 Å². The molecule has 0 aliphatic heterocycles. The number of sulfone groups is 1. The summed E-state index contributed by atoms with van der Waals surface area (Å²) in [6.07, 6.45) is 3.37. The monoisotopic (exact) mass is 445 g/mol.